The first-order chi connectivity index (χ1) is 8.84. The van der Waals surface area contributed by atoms with Crippen molar-refractivity contribution < 1.29 is 19.5 Å². The minimum atomic E-state index is -0.955. The van der Waals surface area contributed by atoms with Crippen molar-refractivity contribution in [3.8, 4) is 0 Å². The van der Waals surface area contributed by atoms with Crippen LogP contribution in [0.1, 0.15) is 26.7 Å². The van der Waals surface area contributed by atoms with Gasteiger partial charge in [0.25, 0.3) is 0 Å². The zero-order valence-corrected chi connectivity index (χ0v) is 11.2. The van der Waals surface area contributed by atoms with Gasteiger partial charge in [0.15, 0.2) is 0 Å². The molecule has 2 aliphatic carbocycles. The molecule has 3 N–H and O–H groups in total. The van der Waals surface area contributed by atoms with E-state index >= 15 is 0 Å². The van der Waals surface area contributed by atoms with Crippen molar-refractivity contribution in [3.05, 3.63) is 0 Å². The number of carbonyl (C=O) groups excluding carboxylic acids is 2. The summed E-state index contributed by atoms with van der Waals surface area (Å²) in [4.78, 5) is 34.2. The van der Waals surface area contributed by atoms with Crippen molar-refractivity contribution >= 4 is 17.8 Å². The van der Waals surface area contributed by atoms with E-state index in [1.54, 1.807) is 13.8 Å². The van der Waals surface area contributed by atoms with Crippen LogP contribution in [0.15, 0.2) is 0 Å². The van der Waals surface area contributed by atoms with Gasteiger partial charge in [-0.2, -0.15) is 0 Å². The third-order valence-electron chi connectivity index (χ3n) is 4.08. The number of carboxylic acids is 1. The summed E-state index contributed by atoms with van der Waals surface area (Å²) in [7, 11) is 0. The normalized spacial score (nSPS) is 27.5. The molecule has 0 bridgehead atoms. The van der Waals surface area contributed by atoms with Gasteiger partial charge in [-0.25, -0.2) is 0 Å². The van der Waals surface area contributed by atoms with Gasteiger partial charge in [-0.3, -0.25) is 14.4 Å². The number of aliphatic carboxylic acids is 1. The molecule has 2 atom stereocenters. The van der Waals surface area contributed by atoms with E-state index in [1.807, 2.05) is 0 Å². The van der Waals surface area contributed by atoms with Crippen LogP contribution in [0.25, 0.3) is 0 Å². The summed E-state index contributed by atoms with van der Waals surface area (Å²) in [6, 6.07) is 0. The van der Waals surface area contributed by atoms with Crippen LogP contribution in [-0.4, -0.2) is 36.0 Å². The lowest BCUT2D eigenvalue weighted by molar-refractivity contribution is -0.140. The third-order valence-corrected chi connectivity index (χ3v) is 4.08. The fourth-order valence-corrected chi connectivity index (χ4v) is 2.51. The van der Waals surface area contributed by atoms with E-state index in [9.17, 15) is 14.4 Å². The van der Waals surface area contributed by atoms with Crippen molar-refractivity contribution in [1.82, 2.24) is 10.6 Å². The quantitative estimate of drug-likeness (QED) is 0.631. The van der Waals surface area contributed by atoms with Crippen molar-refractivity contribution in [2.45, 2.75) is 26.7 Å². The molecule has 2 amide bonds. The second-order valence-corrected chi connectivity index (χ2v) is 6.08. The van der Waals surface area contributed by atoms with Crippen LogP contribution < -0.4 is 10.6 Å². The summed E-state index contributed by atoms with van der Waals surface area (Å²) in [5.74, 6) is -2.12. The molecule has 6 heteroatoms. The Labute approximate surface area is 111 Å². The van der Waals surface area contributed by atoms with Gasteiger partial charge >= 0.3 is 5.97 Å². The monoisotopic (exact) mass is 268 g/mol. The van der Waals surface area contributed by atoms with E-state index < -0.39 is 23.2 Å². The number of nitrogens with one attached hydrogen (secondary N) is 2. The lowest BCUT2D eigenvalue weighted by Gasteiger charge is -2.07. The second kappa shape index (κ2) is 4.83. The van der Waals surface area contributed by atoms with Crippen LogP contribution in [0.2, 0.25) is 0 Å². The van der Waals surface area contributed by atoms with E-state index in [0.29, 0.717) is 12.5 Å². The molecule has 6 nitrogen and oxygen atoms in total. The topological polar surface area (TPSA) is 95.5 Å². The molecule has 0 aliphatic heterocycles. The molecule has 2 saturated carbocycles. The van der Waals surface area contributed by atoms with Crippen molar-refractivity contribution in [2.75, 3.05) is 13.1 Å². The Morgan fingerprint density at radius 2 is 1.79 bits per heavy atom. The number of rotatable bonds is 6. The highest BCUT2D eigenvalue weighted by Crippen LogP contribution is 2.58. The average Bonchev–Trinajstić information content (AvgIpc) is 3.19. The fraction of sp³-hybridized carbons (Fsp3) is 0.769. The minimum Gasteiger partial charge on any atom is -0.481 e. The van der Waals surface area contributed by atoms with E-state index in [1.165, 1.54) is 0 Å². The number of hydrogen-bond donors (Lipinski definition) is 3. The Bertz CT molecular complexity index is 415. The fourth-order valence-electron chi connectivity index (χ4n) is 2.51. The summed E-state index contributed by atoms with van der Waals surface area (Å²) in [5, 5.41) is 14.2. The minimum absolute atomic E-state index is 0.0789. The molecule has 0 heterocycles. The van der Waals surface area contributed by atoms with Crippen LogP contribution in [0.5, 0.6) is 0 Å². The first-order valence-electron chi connectivity index (χ1n) is 6.61. The van der Waals surface area contributed by atoms with Crippen LogP contribution in [-0.2, 0) is 14.4 Å². The van der Waals surface area contributed by atoms with Gasteiger partial charge in [-0.15, -0.1) is 0 Å². The molecule has 0 aromatic carbocycles. The Morgan fingerprint density at radius 3 is 2.26 bits per heavy atom. The SMILES string of the molecule is CC1(C)[C@H](C(=O)O)[C@@H]1C(=O)NCC(=O)NCC1CC1. The van der Waals surface area contributed by atoms with Crippen molar-refractivity contribution in [3.63, 3.8) is 0 Å². The molecule has 0 aromatic heterocycles. The smallest absolute Gasteiger partial charge is 0.307 e. The lowest BCUT2D eigenvalue weighted by Crippen LogP contribution is -2.39. The molecule has 0 radical (unpaired) electrons. The predicted molar refractivity (Wildman–Crippen MR) is 67.1 cm³/mol. The number of carbonyl (C=O) groups is 3. The van der Waals surface area contributed by atoms with Gasteiger partial charge in [0.2, 0.25) is 11.8 Å². The van der Waals surface area contributed by atoms with Crippen molar-refractivity contribution in [1.29, 1.82) is 0 Å². The lowest BCUT2D eigenvalue weighted by atomic mass is 10.1. The van der Waals surface area contributed by atoms with E-state index in [0.717, 1.165) is 12.8 Å². The molecule has 0 aromatic rings. The van der Waals surface area contributed by atoms with Crippen LogP contribution in [0.4, 0.5) is 0 Å². The number of hydrogen-bond acceptors (Lipinski definition) is 3. The average molecular weight is 268 g/mol. The second-order valence-electron chi connectivity index (χ2n) is 6.08. The summed E-state index contributed by atoms with van der Waals surface area (Å²) < 4.78 is 0. The first-order valence-corrected chi connectivity index (χ1v) is 6.61. The molecule has 19 heavy (non-hydrogen) atoms. The maximum Gasteiger partial charge on any atom is 0.307 e. The molecule has 0 spiro atoms. The molecule has 0 unspecified atom stereocenters. The van der Waals surface area contributed by atoms with Crippen LogP contribution in [0.3, 0.4) is 0 Å². The molecular weight excluding hydrogens is 248 g/mol. The molecule has 2 aliphatic rings. The molecule has 2 rings (SSSR count). The van der Waals surface area contributed by atoms with Crippen molar-refractivity contribution in [2.24, 2.45) is 23.2 Å². The summed E-state index contributed by atoms with van der Waals surface area (Å²) in [5.41, 5.74) is -0.527. The largest absolute Gasteiger partial charge is 0.481 e. The van der Waals surface area contributed by atoms with Crippen LogP contribution >= 0.6 is 0 Å². The van der Waals surface area contributed by atoms with E-state index in [4.69, 9.17) is 5.11 Å². The summed E-state index contributed by atoms with van der Waals surface area (Å²) in [6.07, 6.45) is 2.31. The third kappa shape index (κ3) is 3.05. The van der Waals surface area contributed by atoms with Gasteiger partial charge in [-0.1, -0.05) is 13.8 Å². The van der Waals surface area contributed by atoms with E-state index in [-0.39, 0.29) is 18.4 Å². The Kier molecular flexibility index (Phi) is 3.52. The Morgan fingerprint density at radius 1 is 1.16 bits per heavy atom. The van der Waals surface area contributed by atoms with Gasteiger partial charge < -0.3 is 15.7 Å². The molecule has 2 fully saturated rings. The maximum absolute atomic E-state index is 11.8. The highest BCUT2D eigenvalue weighted by Gasteiger charge is 2.65. The summed E-state index contributed by atoms with van der Waals surface area (Å²) >= 11 is 0. The molecule has 0 saturated heterocycles. The number of amides is 2. The zero-order chi connectivity index (χ0) is 14.2. The van der Waals surface area contributed by atoms with Gasteiger partial charge in [0.1, 0.15) is 0 Å². The zero-order valence-electron chi connectivity index (χ0n) is 11.2. The molecular formula is C13H20N2O4. The maximum atomic E-state index is 11.8. The van der Waals surface area contributed by atoms with E-state index in [2.05, 4.69) is 10.6 Å². The molecule has 106 valence electrons. The Balaban J connectivity index is 1.72. The van der Waals surface area contributed by atoms with Gasteiger partial charge in [-0.05, 0) is 24.2 Å². The number of carboxylic acid groups (broad SMARTS) is 1. The standard InChI is InChI=1S/C13H20N2O4/c1-13(2)9(10(13)12(18)19)11(17)15-6-8(16)14-5-7-3-4-7/h7,9-10H,3-6H2,1-2H3,(H,14,16)(H,15,17)(H,18,19)/t9-,10+/m1/s1. The van der Waals surface area contributed by atoms with Gasteiger partial charge in [0, 0.05) is 6.54 Å². The Hall–Kier alpha value is -1.59. The highest BCUT2D eigenvalue weighted by atomic mass is 16.4. The predicted octanol–water partition coefficient (Wildman–Crippen LogP) is -0.0144. The highest BCUT2D eigenvalue weighted by molar-refractivity contribution is 5.93. The van der Waals surface area contributed by atoms with Gasteiger partial charge in [0.05, 0.1) is 18.4 Å². The summed E-state index contributed by atoms with van der Waals surface area (Å²) in [6.45, 7) is 4.10. The first kappa shape index (κ1) is 13.8. The van der Waals surface area contributed by atoms with Crippen LogP contribution in [0, 0.1) is 23.2 Å².